The summed E-state index contributed by atoms with van der Waals surface area (Å²) in [5.41, 5.74) is 5.86. The number of rotatable bonds is 8. The summed E-state index contributed by atoms with van der Waals surface area (Å²) in [5.74, 6) is 0. The second-order valence-electron chi connectivity index (χ2n) is 14.8. The molecular weight excluding hydrogens is 755 g/mol. The van der Waals surface area contributed by atoms with Gasteiger partial charge in [-0.2, -0.15) is 0 Å². The van der Waals surface area contributed by atoms with Crippen molar-refractivity contribution in [3.8, 4) is 11.1 Å². The molecule has 0 aliphatic carbocycles. The van der Waals surface area contributed by atoms with E-state index in [1.807, 2.05) is 22.7 Å². The molecule has 11 aromatic rings. The predicted molar refractivity (Wildman–Crippen MR) is 256 cm³/mol. The van der Waals surface area contributed by atoms with E-state index in [1.165, 1.54) is 77.9 Å². The fraction of sp³-hybridized carbons (Fsp3) is 0. The van der Waals surface area contributed by atoms with Crippen molar-refractivity contribution < 1.29 is 0 Å². The van der Waals surface area contributed by atoms with Gasteiger partial charge in [-0.25, -0.2) is 0 Å². The number of para-hydroxylation sites is 1. The standard InChI is InChI=1S/C54H37NS2Si/c1-5-16-40(17-6-1)55(48-25-15-27-50-52(48)53-51(56-50)37-36-47-46-24-13-14-26-49(46)57-54(47)53)41-32-28-38(29-33-41)39-30-34-45(35-31-39)58(42-18-7-2-8-19-42,43-20-9-3-10-21-43)44-22-11-4-12-23-44/h1-37H. The first-order chi connectivity index (χ1) is 28.8. The van der Waals surface area contributed by atoms with Crippen LogP contribution in [0.1, 0.15) is 0 Å². The molecular formula is C54H37NS2Si. The molecule has 0 spiro atoms. The minimum atomic E-state index is -2.59. The molecule has 2 aromatic heterocycles. The van der Waals surface area contributed by atoms with E-state index in [1.54, 1.807) is 0 Å². The highest BCUT2D eigenvalue weighted by molar-refractivity contribution is 7.30. The molecule has 1 nitrogen and oxygen atoms in total. The number of benzene rings is 9. The van der Waals surface area contributed by atoms with Gasteiger partial charge >= 0.3 is 0 Å². The van der Waals surface area contributed by atoms with Crippen LogP contribution in [0.4, 0.5) is 17.1 Å². The topological polar surface area (TPSA) is 3.24 Å². The van der Waals surface area contributed by atoms with Gasteiger partial charge in [0.25, 0.3) is 0 Å². The average molecular weight is 792 g/mol. The average Bonchev–Trinajstić information content (AvgIpc) is 3.88. The van der Waals surface area contributed by atoms with E-state index in [4.69, 9.17) is 0 Å². The van der Waals surface area contributed by atoms with Crippen LogP contribution in [0.3, 0.4) is 0 Å². The molecule has 9 aromatic carbocycles. The summed E-state index contributed by atoms with van der Waals surface area (Å²) in [6.45, 7) is 0. The minimum Gasteiger partial charge on any atom is -0.310 e. The molecule has 0 N–H and O–H groups in total. The molecule has 0 atom stereocenters. The molecule has 274 valence electrons. The molecule has 11 rings (SSSR count). The lowest BCUT2D eigenvalue weighted by Crippen LogP contribution is -2.74. The van der Waals surface area contributed by atoms with Gasteiger partial charge in [0.05, 0.1) is 5.69 Å². The molecule has 0 radical (unpaired) electrons. The summed E-state index contributed by atoms with van der Waals surface area (Å²) in [4.78, 5) is 2.44. The third kappa shape index (κ3) is 5.64. The molecule has 0 fully saturated rings. The largest absolute Gasteiger partial charge is 0.310 e. The van der Waals surface area contributed by atoms with E-state index in [0.717, 1.165) is 11.4 Å². The van der Waals surface area contributed by atoms with E-state index in [2.05, 4.69) is 229 Å². The van der Waals surface area contributed by atoms with Crippen LogP contribution < -0.4 is 25.6 Å². The van der Waals surface area contributed by atoms with Crippen LogP contribution in [0.25, 0.3) is 51.5 Å². The summed E-state index contributed by atoms with van der Waals surface area (Å²) in [6, 6.07) is 83.0. The summed E-state index contributed by atoms with van der Waals surface area (Å²) in [7, 11) is -2.59. The number of fused-ring (bicyclic) bond motifs is 7. The Balaban J connectivity index is 1.03. The van der Waals surface area contributed by atoms with Gasteiger partial charge in [-0.3, -0.25) is 0 Å². The molecule has 0 saturated heterocycles. The highest BCUT2D eigenvalue weighted by Gasteiger charge is 2.41. The Labute approximate surface area is 347 Å². The molecule has 0 aliphatic rings. The number of hydrogen-bond acceptors (Lipinski definition) is 3. The molecule has 0 aliphatic heterocycles. The Bertz CT molecular complexity index is 3100. The lowest BCUT2D eigenvalue weighted by molar-refractivity contribution is 1.30. The summed E-state index contributed by atoms with van der Waals surface area (Å²) >= 11 is 3.80. The van der Waals surface area contributed by atoms with Crippen molar-refractivity contribution in [3.05, 3.63) is 224 Å². The summed E-state index contributed by atoms with van der Waals surface area (Å²) in [6.07, 6.45) is 0. The highest BCUT2D eigenvalue weighted by Crippen LogP contribution is 2.49. The van der Waals surface area contributed by atoms with E-state index >= 15 is 0 Å². The van der Waals surface area contributed by atoms with E-state index in [9.17, 15) is 0 Å². The maximum atomic E-state index is 2.44. The minimum absolute atomic E-state index is 1.13. The molecule has 4 heteroatoms. The fourth-order valence-corrected chi connectivity index (χ4v) is 16.2. The van der Waals surface area contributed by atoms with Gasteiger partial charge in [0.15, 0.2) is 8.07 Å². The van der Waals surface area contributed by atoms with E-state index in [-0.39, 0.29) is 0 Å². The maximum absolute atomic E-state index is 2.59. The van der Waals surface area contributed by atoms with Crippen molar-refractivity contribution in [1.29, 1.82) is 0 Å². The first kappa shape index (κ1) is 34.7. The Kier molecular flexibility index (Phi) is 8.62. The van der Waals surface area contributed by atoms with Crippen molar-refractivity contribution >= 4 is 109 Å². The fourth-order valence-electron chi connectivity index (χ4n) is 9.04. The van der Waals surface area contributed by atoms with Crippen LogP contribution in [-0.2, 0) is 0 Å². The SMILES string of the molecule is c1ccc(N(c2ccc(-c3ccc([Si](c4ccccc4)(c4ccccc4)c4ccccc4)cc3)cc2)c2cccc3sc4ccc5c6ccccc6sc5c4c23)cc1. The number of thiophene rings is 2. The van der Waals surface area contributed by atoms with Gasteiger partial charge in [-0.1, -0.05) is 176 Å². The monoisotopic (exact) mass is 791 g/mol. The highest BCUT2D eigenvalue weighted by atomic mass is 32.1. The molecule has 0 amide bonds. The number of nitrogens with zero attached hydrogens (tertiary/aromatic N) is 1. The van der Waals surface area contributed by atoms with Crippen LogP contribution in [0, 0.1) is 0 Å². The molecule has 0 saturated carbocycles. The van der Waals surface area contributed by atoms with Gasteiger partial charge in [-0.05, 0) is 80.4 Å². The van der Waals surface area contributed by atoms with Gasteiger partial charge in [0.2, 0.25) is 0 Å². The van der Waals surface area contributed by atoms with Gasteiger partial charge in [0.1, 0.15) is 0 Å². The normalized spacial score (nSPS) is 11.8. The van der Waals surface area contributed by atoms with E-state index in [0.29, 0.717) is 0 Å². The van der Waals surface area contributed by atoms with Crippen molar-refractivity contribution in [3.63, 3.8) is 0 Å². The predicted octanol–water partition coefficient (Wildman–Crippen LogP) is 12.9. The third-order valence-corrected chi connectivity index (χ3v) is 18.8. The summed E-state index contributed by atoms with van der Waals surface area (Å²) < 4.78 is 5.32. The molecule has 58 heavy (non-hydrogen) atoms. The lowest BCUT2D eigenvalue weighted by atomic mass is 10.0. The van der Waals surface area contributed by atoms with Crippen molar-refractivity contribution in [1.82, 2.24) is 0 Å². The Morgan fingerprint density at radius 1 is 0.310 bits per heavy atom. The first-order valence-electron chi connectivity index (χ1n) is 19.8. The second-order valence-corrected chi connectivity index (χ2v) is 20.8. The number of hydrogen-bond donors (Lipinski definition) is 0. The van der Waals surface area contributed by atoms with Crippen LogP contribution in [-0.4, -0.2) is 8.07 Å². The first-order valence-corrected chi connectivity index (χ1v) is 23.4. The quantitative estimate of drug-likeness (QED) is 0.109. The van der Waals surface area contributed by atoms with Crippen LogP contribution in [0.2, 0.25) is 0 Å². The Hall–Kier alpha value is -6.56. The van der Waals surface area contributed by atoms with Gasteiger partial charge in [-0.15, -0.1) is 22.7 Å². The Morgan fingerprint density at radius 2 is 0.793 bits per heavy atom. The zero-order valence-corrected chi connectivity index (χ0v) is 34.3. The zero-order chi connectivity index (χ0) is 38.5. The van der Waals surface area contributed by atoms with Crippen molar-refractivity contribution in [2.45, 2.75) is 0 Å². The Morgan fingerprint density at radius 3 is 1.41 bits per heavy atom. The van der Waals surface area contributed by atoms with Gasteiger partial charge in [0, 0.05) is 51.7 Å². The van der Waals surface area contributed by atoms with E-state index < -0.39 is 8.07 Å². The maximum Gasteiger partial charge on any atom is 0.179 e. The van der Waals surface area contributed by atoms with Crippen LogP contribution in [0.15, 0.2) is 224 Å². The third-order valence-electron chi connectivity index (χ3n) is 11.6. The zero-order valence-electron chi connectivity index (χ0n) is 31.6. The molecule has 2 heterocycles. The van der Waals surface area contributed by atoms with Crippen molar-refractivity contribution in [2.24, 2.45) is 0 Å². The molecule has 0 unspecified atom stereocenters. The van der Waals surface area contributed by atoms with Gasteiger partial charge < -0.3 is 4.90 Å². The second kappa shape index (κ2) is 14.4. The van der Waals surface area contributed by atoms with Crippen LogP contribution >= 0.6 is 22.7 Å². The smallest absolute Gasteiger partial charge is 0.179 e. The van der Waals surface area contributed by atoms with Crippen molar-refractivity contribution in [2.75, 3.05) is 4.90 Å². The summed E-state index contributed by atoms with van der Waals surface area (Å²) in [5, 5.41) is 10.8. The van der Waals surface area contributed by atoms with Crippen LogP contribution in [0.5, 0.6) is 0 Å². The molecule has 0 bridgehead atoms. The number of anilines is 3. The lowest BCUT2D eigenvalue weighted by Gasteiger charge is -2.34.